The molecule has 0 aliphatic carbocycles. The molecule has 6 heteroatoms. The van der Waals surface area contributed by atoms with Crippen LogP contribution >= 0.6 is 0 Å². The zero-order chi connectivity index (χ0) is 53.6. The highest BCUT2D eigenvalue weighted by Crippen LogP contribution is 2.18. The van der Waals surface area contributed by atoms with Crippen LogP contribution in [-0.2, 0) is 14.3 Å². The van der Waals surface area contributed by atoms with Crippen LogP contribution in [0.5, 0.6) is 0 Å². The van der Waals surface area contributed by atoms with Crippen molar-refractivity contribution in [3.63, 3.8) is 0 Å². The van der Waals surface area contributed by atoms with Crippen molar-refractivity contribution < 1.29 is 24.5 Å². The van der Waals surface area contributed by atoms with E-state index in [0.717, 1.165) is 51.4 Å². The number of allylic oxidation sites excluding steroid dienone is 5. The van der Waals surface area contributed by atoms with Crippen molar-refractivity contribution in [1.82, 2.24) is 5.32 Å². The molecule has 3 N–H and O–H groups in total. The number of hydrogen-bond acceptors (Lipinski definition) is 5. The first kappa shape index (κ1) is 72.1. The number of carbonyl (C=O) groups is 2. The van der Waals surface area contributed by atoms with Gasteiger partial charge < -0.3 is 20.3 Å². The minimum Gasteiger partial charge on any atom is -0.466 e. The van der Waals surface area contributed by atoms with Gasteiger partial charge in [0.25, 0.3) is 0 Å². The van der Waals surface area contributed by atoms with Gasteiger partial charge in [0.1, 0.15) is 0 Å². The summed E-state index contributed by atoms with van der Waals surface area (Å²) in [5.41, 5.74) is 0. The van der Waals surface area contributed by atoms with E-state index in [9.17, 15) is 19.8 Å². The second-order valence-corrected chi connectivity index (χ2v) is 22.8. The number of carbonyl (C=O) groups excluding carboxylic acids is 2. The number of nitrogens with one attached hydrogen (secondary N) is 1. The van der Waals surface area contributed by atoms with E-state index < -0.39 is 12.1 Å². The lowest BCUT2D eigenvalue weighted by atomic mass is 10.0. The van der Waals surface area contributed by atoms with Crippen molar-refractivity contribution in [3.8, 4) is 0 Å². The van der Waals surface area contributed by atoms with Crippen molar-refractivity contribution in [2.45, 2.75) is 373 Å². The largest absolute Gasteiger partial charge is 0.466 e. The average Bonchev–Trinajstić information content (AvgIpc) is 3.40. The van der Waals surface area contributed by atoms with Crippen molar-refractivity contribution in [2.24, 2.45) is 0 Å². The smallest absolute Gasteiger partial charge is 0.305 e. The molecule has 436 valence electrons. The van der Waals surface area contributed by atoms with Crippen molar-refractivity contribution in [3.05, 3.63) is 36.5 Å². The maximum Gasteiger partial charge on any atom is 0.305 e. The van der Waals surface area contributed by atoms with Gasteiger partial charge in [-0.15, -0.1) is 0 Å². The van der Waals surface area contributed by atoms with Gasteiger partial charge in [-0.25, -0.2) is 0 Å². The van der Waals surface area contributed by atoms with E-state index in [1.54, 1.807) is 6.08 Å². The first-order chi connectivity index (χ1) is 36.5. The fourth-order valence-electron chi connectivity index (χ4n) is 10.3. The van der Waals surface area contributed by atoms with E-state index >= 15 is 0 Å². The molecule has 0 saturated carbocycles. The highest BCUT2D eigenvalue weighted by atomic mass is 16.5. The lowest BCUT2D eigenvalue weighted by molar-refractivity contribution is -0.143. The van der Waals surface area contributed by atoms with Crippen LogP contribution in [0.3, 0.4) is 0 Å². The predicted molar refractivity (Wildman–Crippen MR) is 324 cm³/mol. The Morgan fingerprint density at radius 1 is 0.378 bits per heavy atom. The molecule has 0 heterocycles. The van der Waals surface area contributed by atoms with Crippen LogP contribution in [0.2, 0.25) is 0 Å². The zero-order valence-corrected chi connectivity index (χ0v) is 49.8. The van der Waals surface area contributed by atoms with Gasteiger partial charge in [0.05, 0.1) is 25.4 Å². The third-order valence-electron chi connectivity index (χ3n) is 15.4. The predicted octanol–water partition coefficient (Wildman–Crippen LogP) is 21.1. The summed E-state index contributed by atoms with van der Waals surface area (Å²) >= 11 is 0. The molecule has 0 aromatic heterocycles. The summed E-state index contributed by atoms with van der Waals surface area (Å²) in [7, 11) is 0. The molecule has 6 nitrogen and oxygen atoms in total. The van der Waals surface area contributed by atoms with Gasteiger partial charge in [-0.2, -0.15) is 0 Å². The highest BCUT2D eigenvalue weighted by molar-refractivity contribution is 5.76. The quantitative estimate of drug-likeness (QED) is 0.0320. The van der Waals surface area contributed by atoms with E-state index in [-0.39, 0.29) is 18.5 Å². The Kier molecular flexibility index (Phi) is 62.0. The van der Waals surface area contributed by atoms with E-state index in [0.29, 0.717) is 19.4 Å². The number of hydrogen-bond donors (Lipinski definition) is 3. The van der Waals surface area contributed by atoms with Crippen molar-refractivity contribution in [1.29, 1.82) is 0 Å². The highest BCUT2D eigenvalue weighted by Gasteiger charge is 2.18. The van der Waals surface area contributed by atoms with Crippen molar-refractivity contribution in [2.75, 3.05) is 13.2 Å². The molecule has 0 rings (SSSR count). The molecule has 0 spiro atoms. The minimum atomic E-state index is -0.844. The molecule has 0 fully saturated rings. The van der Waals surface area contributed by atoms with Crippen LogP contribution in [0.4, 0.5) is 0 Å². The van der Waals surface area contributed by atoms with Crippen LogP contribution in [0.15, 0.2) is 36.5 Å². The maximum atomic E-state index is 12.5. The summed E-state index contributed by atoms with van der Waals surface area (Å²) in [6, 6.07) is -0.627. The Balaban J connectivity index is 3.39. The molecule has 2 unspecified atom stereocenters. The number of esters is 1. The van der Waals surface area contributed by atoms with E-state index in [1.807, 2.05) is 6.08 Å². The first-order valence-electron chi connectivity index (χ1n) is 33.3. The number of aliphatic hydroxyl groups excluding tert-OH is 2. The topological polar surface area (TPSA) is 95.9 Å². The molecule has 0 radical (unpaired) electrons. The van der Waals surface area contributed by atoms with Gasteiger partial charge in [0, 0.05) is 12.8 Å². The number of ether oxygens (including phenoxy) is 1. The molecule has 0 saturated heterocycles. The van der Waals surface area contributed by atoms with Gasteiger partial charge in [-0.1, -0.05) is 326 Å². The Morgan fingerprint density at radius 3 is 1.07 bits per heavy atom. The van der Waals surface area contributed by atoms with Crippen LogP contribution in [0.25, 0.3) is 0 Å². The maximum absolute atomic E-state index is 12.5. The van der Waals surface area contributed by atoms with E-state index in [2.05, 4.69) is 43.5 Å². The summed E-state index contributed by atoms with van der Waals surface area (Å²) in [4.78, 5) is 24.5. The average molecular weight is 1040 g/mol. The second-order valence-electron chi connectivity index (χ2n) is 22.8. The molecule has 0 bridgehead atoms. The zero-order valence-electron chi connectivity index (χ0n) is 49.8. The van der Waals surface area contributed by atoms with Crippen LogP contribution < -0.4 is 5.32 Å². The molecule has 0 aromatic carbocycles. The summed E-state index contributed by atoms with van der Waals surface area (Å²) in [6.45, 7) is 4.88. The SMILES string of the molecule is CCCC/C=C\C/C=C\CCCCCCCC(=O)OCCCCCCCCCCCCCCCCCCCCCCCCCCCC(=O)NC(CO)C(O)/C=C/CCCCCCCCCCCCCCCCCC. The molecule has 2 atom stereocenters. The summed E-state index contributed by atoms with van der Waals surface area (Å²) in [5.74, 6) is -0.0622. The molecule has 0 aliphatic rings. The van der Waals surface area contributed by atoms with Gasteiger partial charge in [0.2, 0.25) is 5.91 Å². The van der Waals surface area contributed by atoms with Gasteiger partial charge in [-0.3, -0.25) is 9.59 Å². The van der Waals surface area contributed by atoms with E-state index in [4.69, 9.17) is 4.74 Å². The molecule has 0 aromatic rings. The van der Waals surface area contributed by atoms with E-state index in [1.165, 1.54) is 283 Å². The van der Waals surface area contributed by atoms with Gasteiger partial charge in [-0.05, 0) is 57.8 Å². The first-order valence-corrected chi connectivity index (χ1v) is 33.3. The van der Waals surface area contributed by atoms with Crippen LogP contribution in [-0.4, -0.2) is 47.4 Å². The fraction of sp³-hybridized carbons (Fsp3) is 0.882. The second kappa shape index (κ2) is 63.6. The molecule has 1 amide bonds. The number of rotatable bonds is 62. The Labute approximate surface area is 462 Å². The molecular weight excluding hydrogens is 911 g/mol. The number of aliphatic hydroxyl groups is 2. The summed E-state index contributed by atoms with van der Waals surface area (Å²) in [5, 5.41) is 23.2. The third-order valence-corrected chi connectivity index (χ3v) is 15.4. The number of unbranched alkanes of at least 4 members (excludes halogenated alkanes) is 47. The van der Waals surface area contributed by atoms with Crippen LogP contribution in [0.1, 0.15) is 361 Å². The van der Waals surface area contributed by atoms with Crippen LogP contribution in [0, 0.1) is 0 Å². The normalized spacial score (nSPS) is 12.8. The summed E-state index contributed by atoms with van der Waals surface area (Å²) < 4.78 is 5.48. The standard InChI is InChI=1S/C68H129NO5/c1-3-5-7-9-11-13-15-17-19-20-30-33-36-40-44-48-52-56-60-66(71)65(64-70)69-67(72)61-57-53-49-45-41-37-34-31-28-26-24-22-21-23-25-27-29-32-35-39-43-47-51-55-59-63-74-68(73)62-58-54-50-46-42-38-18-16-14-12-10-8-6-4-2/h10,12,16,18,56,60,65-66,70-71H,3-9,11,13-15,17,19-55,57-59,61-64H2,1-2H3,(H,69,72)/b12-10-,18-16-,60-56+. The minimum absolute atomic E-state index is 0.00152. The molecule has 74 heavy (non-hydrogen) atoms. The van der Waals surface area contributed by atoms with Crippen molar-refractivity contribution >= 4 is 11.9 Å². The lowest BCUT2D eigenvalue weighted by Crippen LogP contribution is -2.45. The van der Waals surface area contributed by atoms with Gasteiger partial charge in [0.15, 0.2) is 0 Å². The number of amides is 1. The lowest BCUT2D eigenvalue weighted by Gasteiger charge is -2.20. The molecule has 0 aliphatic heterocycles. The molecular formula is C68H129NO5. The Morgan fingerprint density at radius 2 is 0.689 bits per heavy atom. The fourth-order valence-corrected chi connectivity index (χ4v) is 10.3. The third kappa shape index (κ3) is 59.3. The van der Waals surface area contributed by atoms with Gasteiger partial charge >= 0.3 is 5.97 Å². The monoisotopic (exact) mass is 1040 g/mol. The Hall–Kier alpha value is -1.92. The summed E-state index contributed by atoms with van der Waals surface area (Å²) in [6.07, 6.45) is 80.6. The Bertz CT molecular complexity index is 1200.